The van der Waals surface area contributed by atoms with Crippen molar-refractivity contribution in [3.05, 3.63) is 16.8 Å². The van der Waals surface area contributed by atoms with Gasteiger partial charge in [-0.05, 0) is 38.2 Å². The number of rotatable bonds is 3. The summed E-state index contributed by atoms with van der Waals surface area (Å²) in [4.78, 5) is 22.1. The second-order valence-electron chi connectivity index (χ2n) is 4.67. The van der Waals surface area contributed by atoms with Gasteiger partial charge in [0.05, 0.1) is 0 Å². The second-order valence-corrected chi connectivity index (χ2v) is 7.08. The Kier molecular flexibility index (Phi) is 3.45. The predicted molar refractivity (Wildman–Crippen MR) is 77.0 cm³/mol. The Hall–Kier alpha value is -1.14. The van der Waals surface area contributed by atoms with Crippen LogP contribution in [0.15, 0.2) is 11.4 Å². The molecule has 0 radical (unpaired) electrons. The number of hydrogen-bond acceptors (Lipinski definition) is 5. The highest BCUT2D eigenvalue weighted by Gasteiger charge is 2.22. The Balaban J connectivity index is 2.09. The van der Waals surface area contributed by atoms with Gasteiger partial charge in [-0.3, -0.25) is 4.79 Å². The summed E-state index contributed by atoms with van der Waals surface area (Å²) in [5, 5.41) is 10.5. The summed E-state index contributed by atoms with van der Waals surface area (Å²) < 4.78 is 0. The van der Waals surface area contributed by atoms with E-state index < -0.39 is 11.2 Å². The molecule has 1 N–H and O–H groups in total. The second kappa shape index (κ2) is 5.09. The van der Waals surface area contributed by atoms with Crippen LogP contribution in [0.3, 0.4) is 0 Å². The van der Waals surface area contributed by atoms with Gasteiger partial charge >= 0.3 is 5.97 Å². The Bertz CT molecular complexity index is 639. The molecule has 2 aromatic heterocycles. The Labute approximate surface area is 119 Å². The number of fused-ring (bicyclic) bond motifs is 3. The van der Waals surface area contributed by atoms with Crippen LogP contribution < -0.4 is 0 Å². The summed E-state index contributed by atoms with van der Waals surface area (Å²) in [7, 11) is 0. The minimum absolute atomic E-state index is 0.489. The van der Waals surface area contributed by atoms with E-state index in [1.165, 1.54) is 35.0 Å². The van der Waals surface area contributed by atoms with Crippen LogP contribution in [0.25, 0.3) is 10.2 Å². The van der Waals surface area contributed by atoms with E-state index in [9.17, 15) is 4.79 Å². The van der Waals surface area contributed by atoms with Crippen LogP contribution in [0.4, 0.5) is 0 Å². The van der Waals surface area contributed by atoms with Crippen molar-refractivity contribution >= 4 is 39.3 Å². The van der Waals surface area contributed by atoms with E-state index in [2.05, 4.69) is 9.97 Å². The van der Waals surface area contributed by atoms with Crippen molar-refractivity contribution in [2.75, 3.05) is 0 Å². The third kappa shape index (κ3) is 2.34. The van der Waals surface area contributed by atoms with Gasteiger partial charge in [-0.25, -0.2) is 9.97 Å². The lowest BCUT2D eigenvalue weighted by Crippen LogP contribution is -2.11. The average Bonchev–Trinajstić information content (AvgIpc) is 2.77. The molecule has 0 fully saturated rings. The monoisotopic (exact) mass is 294 g/mol. The lowest BCUT2D eigenvalue weighted by Gasteiger charge is -2.12. The fourth-order valence-electron chi connectivity index (χ4n) is 2.37. The number of carboxylic acid groups (broad SMARTS) is 1. The molecule has 0 amide bonds. The van der Waals surface area contributed by atoms with Crippen molar-refractivity contribution in [1.29, 1.82) is 0 Å². The summed E-state index contributed by atoms with van der Waals surface area (Å²) in [5.74, 6) is -0.805. The smallest absolute Gasteiger partial charge is 0.316 e. The highest BCUT2D eigenvalue weighted by atomic mass is 32.2. The van der Waals surface area contributed by atoms with Crippen LogP contribution in [-0.2, 0) is 17.6 Å². The number of hydrogen-bond donors (Lipinski definition) is 1. The molecule has 1 unspecified atom stereocenters. The van der Waals surface area contributed by atoms with Gasteiger partial charge < -0.3 is 5.11 Å². The highest BCUT2D eigenvalue weighted by molar-refractivity contribution is 8.00. The lowest BCUT2D eigenvalue weighted by atomic mass is 9.97. The minimum Gasteiger partial charge on any atom is -0.480 e. The molecule has 1 atom stereocenters. The van der Waals surface area contributed by atoms with E-state index in [0.717, 1.165) is 28.1 Å². The van der Waals surface area contributed by atoms with Crippen molar-refractivity contribution in [2.45, 2.75) is 42.9 Å². The van der Waals surface area contributed by atoms with Crippen LogP contribution >= 0.6 is 23.1 Å². The first-order valence-electron chi connectivity index (χ1n) is 6.31. The van der Waals surface area contributed by atoms with E-state index in [1.54, 1.807) is 24.6 Å². The number of aryl methyl sites for hydroxylation is 2. The Morgan fingerprint density at radius 1 is 1.42 bits per heavy atom. The van der Waals surface area contributed by atoms with E-state index in [1.807, 2.05) is 0 Å². The molecule has 0 bridgehead atoms. The molecule has 2 aromatic rings. The third-order valence-electron chi connectivity index (χ3n) is 3.35. The normalized spacial score (nSPS) is 16.3. The fourth-order valence-corrected chi connectivity index (χ4v) is 4.54. The minimum atomic E-state index is -0.805. The molecule has 0 spiro atoms. The first-order valence-corrected chi connectivity index (χ1v) is 8.01. The van der Waals surface area contributed by atoms with E-state index >= 15 is 0 Å². The number of thiophene rings is 1. The quantitative estimate of drug-likeness (QED) is 0.696. The van der Waals surface area contributed by atoms with Gasteiger partial charge in [-0.2, -0.15) is 0 Å². The molecular weight excluding hydrogens is 280 g/mol. The molecule has 1 aliphatic carbocycles. The highest BCUT2D eigenvalue weighted by Crippen LogP contribution is 2.39. The SMILES string of the molecule is CC(Sc1ncnc2sc3c(c12)CCCC3)C(=O)O. The van der Waals surface area contributed by atoms with Gasteiger partial charge in [0, 0.05) is 10.3 Å². The maximum atomic E-state index is 11.0. The van der Waals surface area contributed by atoms with Gasteiger partial charge in [0.2, 0.25) is 0 Å². The largest absolute Gasteiger partial charge is 0.480 e. The zero-order valence-electron chi connectivity index (χ0n) is 10.5. The van der Waals surface area contributed by atoms with E-state index in [-0.39, 0.29) is 0 Å². The topological polar surface area (TPSA) is 63.1 Å². The summed E-state index contributed by atoms with van der Waals surface area (Å²) in [6.45, 7) is 1.69. The maximum absolute atomic E-state index is 11.0. The van der Waals surface area contributed by atoms with Gasteiger partial charge in [0.25, 0.3) is 0 Å². The molecule has 0 aliphatic heterocycles. The molecule has 0 saturated heterocycles. The van der Waals surface area contributed by atoms with Gasteiger partial charge in [0.15, 0.2) is 0 Å². The zero-order chi connectivity index (χ0) is 13.4. The summed E-state index contributed by atoms with van der Waals surface area (Å²) in [6, 6.07) is 0. The number of carboxylic acids is 1. The number of carbonyl (C=O) groups is 1. The van der Waals surface area contributed by atoms with Crippen molar-refractivity contribution < 1.29 is 9.90 Å². The molecule has 6 heteroatoms. The molecule has 1 aliphatic rings. The van der Waals surface area contributed by atoms with Crippen molar-refractivity contribution in [1.82, 2.24) is 9.97 Å². The standard InChI is InChI=1S/C13H14N2O2S2/c1-7(13(16)17)18-11-10-8-4-2-3-5-9(8)19-12(10)15-6-14-11/h6-7H,2-5H2,1H3,(H,16,17). The number of aromatic nitrogens is 2. The number of thioether (sulfide) groups is 1. The fraction of sp³-hybridized carbons (Fsp3) is 0.462. The molecular formula is C13H14N2O2S2. The number of nitrogens with zero attached hydrogens (tertiary/aromatic N) is 2. The van der Waals surface area contributed by atoms with Crippen LogP contribution in [-0.4, -0.2) is 26.3 Å². The van der Waals surface area contributed by atoms with Gasteiger partial charge in [0.1, 0.15) is 21.4 Å². The first kappa shape index (κ1) is 12.9. The van der Waals surface area contributed by atoms with Crippen molar-refractivity contribution in [3.8, 4) is 0 Å². The summed E-state index contributed by atoms with van der Waals surface area (Å²) in [6.07, 6.45) is 6.17. The summed E-state index contributed by atoms with van der Waals surface area (Å²) in [5.41, 5.74) is 1.35. The molecule has 0 saturated carbocycles. The van der Waals surface area contributed by atoms with Gasteiger partial charge in [-0.1, -0.05) is 11.8 Å². The maximum Gasteiger partial charge on any atom is 0.316 e. The Morgan fingerprint density at radius 2 is 2.21 bits per heavy atom. The lowest BCUT2D eigenvalue weighted by molar-refractivity contribution is -0.136. The van der Waals surface area contributed by atoms with E-state index in [0.29, 0.717) is 0 Å². The molecule has 19 heavy (non-hydrogen) atoms. The molecule has 3 rings (SSSR count). The Morgan fingerprint density at radius 3 is 3.00 bits per heavy atom. The van der Waals surface area contributed by atoms with Crippen LogP contribution in [0.1, 0.15) is 30.2 Å². The van der Waals surface area contributed by atoms with Crippen molar-refractivity contribution in [3.63, 3.8) is 0 Å². The first-order chi connectivity index (χ1) is 9.16. The molecule has 100 valence electrons. The molecule has 4 nitrogen and oxygen atoms in total. The molecule has 2 heterocycles. The van der Waals surface area contributed by atoms with Crippen LogP contribution in [0.2, 0.25) is 0 Å². The van der Waals surface area contributed by atoms with Gasteiger partial charge in [-0.15, -0.1) is 11.3 Å². The number of aliphatic carboxylic acids is 1. The van der Waals surface area contributed by atoms with Crippen LogP contribution in [0, 0.1) is 0 Å². The third-order valence-corrected chi connectivity index (χ3v) is 5.64. The molecule has 0 aromatic carbocycles. The summed E-state index contributed by atoms with van der Waals surface area (Å²) >= 11 is 3.05. The van der Waals surface area contributed by atoms with Crippen LogP contribution in [0.5, 0.6) is 0 Å². The predicted octanol–water partition coefficient (Wildman–Crippen LogP) is 3.14. The van der Waals surface area contributed by atoms with E-state index in [4.69, 9.17) is 5.11 Å². The average molecular weight is 294 g/mol. The van der Waals surface area contributed by atoms with Crippen molar-refractivity contribution in [2.24, 2.45) is 0 Å². The zero-order valence-corrected chi connectivity index (χ0v) is 12.2.